The number of hydrogen-bond acceptors (Lipinski definition) is 4. The third-order valence-electron chi connectivity index (χ3n) is 1.68. The Morgan fingerprint density at radius 2 is 1.94 bits per heavy atom. The van der Waals surface area contributed by atoms with Crippen molar-refractivity contribution in [2.75, 3.05) is 6.61 Å². The predicted octanol–water partition coefficient (Wildman–Crippen LogP) is 2.86. The molecule has 0 aromatic carbocycles. The first kappa shape index (κ1) is 14.7. The Bertz CT molecular complexity index is 261. The molecule has 0 heterocycles. The Kier molecular flexibility index (Phi) is 6.46. The highest BCUT2D eigenvalue weighted by molar-refractivity contribution is 5.60. The van der Waals surface area contributed by atoms with Crippen molar-refractivity contribution in [3.63, 3.8) is 0 Å². The molecule has 0 aliphatic heterocycles. The Hall–Kier alpha value is -1.32. The predicted molar refractivity (Wildman–Crippen MR) is 61.2 cm³/mol. The zero-order chi connectivity index (χ0) is 12.6. The number of aldehydes is 1. The monoisotopic (exact) mass is 228 g/mol. The second-order valence-corrected chi connectivity index (χ2v) is 4.53. The van der Waals surface area contributed by atoms with Crippen LogP contribution in [0.5, 0.6) is 0 Å². The summed E-state index contributed by atoms with van der Waals surface area (Å²) in [5.74, 6) is 0. The van der Waals surface area contributed by atoms with Gasteiger partial charge in [0.1, 0.15) is 18.5 Å². The largest absolute Gasteiger partial charge is 0.509 e. The van der Waals surface area contributed by atoms with Gasteiger partial charge in [-0.15, -0.1) is 0 Å². The van der Waals surface area contributed by atoms with Crippen molar-refractivity contribution in [2.45, 2.75) is 46.1 Å². The van der Waals surface area contributed by atoms with Crippen LogP contribution in [-0.4, -0.2) is 24.6 Å². The van der Waals surface area contributed by atoms with E-state index in [9.17, 15) is 9.59 Å². The first-order valence-corrected chi connectivity index (χ1v) is 5.30. The van der Waals surface area contributed by atoms with E-state index in [1.807, 2.05) is 6.92 Å². The molecule has 0 aromatic heterocycles. The molecule has 0 aliphatic carbocycles. The summed E-state index contributed by atoms with van der Waals surface area (Å²) in [7, 11) is 0. The van der Waals surface area contributed by atoms with Crippen molar-refractivity contribution < 1.29 is 19.1 Å². The highest BCUT2D eigenvalue weighted by Crippen LogP contribution is 2.08. The second kappa shape index (κ2) is 7.04. The van der Waals surface area contributed by atoms with Gasteiger partial charge in [-0.2, -0.15) is 0 Å². The second-order valence-electron chi connectivity index (χ2n) is 4.53. The SMILES string of the molecule is C/C(=C\COC(=O)OC(C)(C)C)CCC=O. The minimum absolute atomic E-state index is 0.180. The van der Waals surface area contributed by atoms with E-state index in [0.717, 1.165) is 11.9 Å². The lowest BCUT2D eigenvalue weighted by molar-refractivity contribution is -0.107. The fourth-order valence-electron chi connectivity index (χ4n) is 0.920. The lowest BCUT2D eigenvalue weighted by Gasteiger charge is -2.18. The molecule has 0 atom stereocenters. The molecular weight excluding hydrogens is 208 g/mol. The summed E-state index contributed by atoms with van der Waals surface area (Å²) in [6.07, 6.45) is 3.15. The standard InChI is InChI=1S/C12H20O4/c1-10(6-5-8-13)7-9-15-11(14)16-12(2,3)4/h7-8H,5-6,9H2,1-4H3/b10-7+. The van der Waals surface area contributed by atoms with Crippen LogP contribution >= 0.6 is 0 Å². The van der Waals surface area contributed by atoms with Crippen LogP contribution in [0.2, 0.25) is 0 Å². The fourth-order valence-corrected chi connectivity index (χ4v) is 0.920. The normalized spacial score (nSPS) is 12.1. The van der Waals surface area contributed by atoms with Crippen molar-refractivity contribution in [1.82, 2.24) is 0 Å². The number of carbonyl (C=O) groups is 2. The van der Waals surface area contributed by atoms with Crippen molar-refractivity contribution in [1.29, 1.82) is 0 Å². The molecule has 0 aromatic rings. The summed E-state index contributed by atoms with van der Waals surface area (Å²) >= 11 is 0. The van der Waals surface area contributed by atoms with Crippen LogP contribution in [0.4, 0.5) is 4.79 Å². The van der Waals surface area contributed by atoms with E-state index >= 15 is 0 Å². The molecule has 0 saturated carbocycles. The van der Waals surface area contributed by atoms with E-state index in [1.54, 1.807) is 26.8 Å². The number of rotatable bonds is 5. The van der Waals surface area contributed by atoms with Crippen LogP contribution in [0.25, 0.3) is 0 Å². The third kappa shape index (κ3) is 9.24. The van der Waals surface area contributed by atoms with Crippen molar-refractivity contribution >= 4 is 12.4 Å². The molecule has 92 valence electrons. The van der Waals surface area contributed by atoms with Crippen LogP contribution in [-0.2, 0) is 14.3 Å². The maximum Gasteiger partial charge on any atom is 0.509 e. The molecule has 0 rings (SSSR count). The van der Waals surface area contributed by atoms with Crippen LogP contribution in [0.1, 0.15) is 40.5 Å². The van der Waals surface area contributed by atoms with Gasteiger partial charge in [0.05, 0.1) is 0 Å². The average molecular weight is 228 g/mol. The van der Waals surface area contributed by atoms with Crippen LogP contribution in [0.15, 0.2) is 11.6 Å². The average Bonchev–Trinajstić information content (AvgIpc) is 2.11. The van der Waals surface area contributed by atoms with Gasteiger partial charge < -0.3 is 14.3 Å². The van der Waals surface area contributed by atoms with Crippen molar-refractivity contribution in [2.24, 2.45) is 0 Å². The Morgan fingerprint density at radius 3 is 2.44 bits per heavy atom. The van der Waals surface area contributed by atoms with E-state index in [4.69, 9.17) is 9.47 Å². The smallest absolute Gasteiger partial charge is 0.430 e. The molecule has 4 nitrogen and oxygen atoms in total. The quantitative estimate of drug-likeness (QED) is 0.412. The summed E-state index contributed by atoms with van der Waals surface area (Å²) in [6.45, 7) is 7.40. The Labute approximate surface area is 96.6 Å². The topological polar surface area (TPSA) is 52.6 Å². The lowest BCUT2D eigenvalue weighted by atomic mass is 10.2. The molecule has 0 fully saturated rings. The zero-order valence-corrected chi connectivity index (χ0v) is 10.4. The van der Waals surface area contributed by atoms with E-state index in [1.165, 1.54) is 0 Å². The number of allylic oxidation sites excluding steroid dienone is 1. The molecule has 0 spiro atoms. The maximum absolute atomic E-state index is 11.1. The van der Waals surface area contributed by atoms with E-state index in [0.29, 0.717) is 12.8 Å². The molecule has 0 unspecified atom stereocenters. The van der Waals surface area contributed by atoms with Gasteiger partial charge in [0.15, 0.2) is 0 Å². The number of ether oxygens (including phenoxy) is 2. The summed E-state index contributed by atoms with van der Waals surface area (Å²) in [5, 5.41) is 0. The van der Waals surface area contributed by atoms with Gasteiger partial charge in [0.25, 0.3) is 0 Å². The number of hydrogen-bond donors (Lipinski definition) is 0. The highest BCUT2D eigenvalue weighted by Gasteiger charge is 2.16. The van der Waals surface area contributed by atoms with Gasteiger partial charge in [-0.3, -0.25) is 0 Å². The van der Waals surface area contributed by atoms with Crippen LogP contribution in [0, 0.1) is 0 Å². The zero-order valence-electron chi connectivity index (χ0n) is 10.4. The molecule has 0 saturated heterocycles. The minimum Gasteiger partial charge on any atom is -0.430 e. The first-order valence-electron chi connectivity index (χ1n) is 5.30. The first-order chi connectivity index (χ1) is 7.35. The molecule has 4 heteroatoms. The molecule has 0 radical (unpaired) electrons. The highest BCUT2D eigenvalue weighted by atomic mass is 16.7. The van der Waals surface area contributed by atoms with Gasteiger partial charge in [0, 0.05) is 6.42 Å². The fraction of sp³-hybridized carbons (Fsp3) is 0.667. The maximum atomic E-state index is 11.1. The molecule has 0 N–H and O–H groups in total. The van der Waals surface area contributed by atoms with Crippen molar-refractivity contribution in [3.05, 3.63) is 11.6 Å². The molecule has 0 bridgehead atoms. The van der Waals surface area contributed by atoms with E-state index in [2.05, 4.69) is 0 Å². The van der Waals surface area contributed by atoms with Crippen LogP contribution in [0.3, 0.4) is 0 Å². The minimum atomic E-state index is -0.674. The molecule has 0 aliphatic rings. The Morgan fingerprint density at radius 1 is 1.31 bits per heavy atom. The van der Waals surface area contributed by atoms with Crippen molar-refractivity contribution in [3.8, 4) is 0 Å². The lowest BCUT2D eigenvalue weighted by Crippen LogP contribution is -2.24. The van der Waals surface area contributed by atoms with Crippen LogP contribution < -0.4 is 0 Å². The summed E-state index contributed by atoms with van der Waals surface area (Å²) < 4.78 is 9.80. The molecule has 0 amide bonds. The summed E-state index contributed by atoms with van der Waals surface area (Å²) in [5.41, 5.74) is 0.489. The summed E-state index contributed by atoms with van der Waals surface area (Å²) in [6, 6.07) is 0. The third-order valence-corrected chi connectivity index (χ3v) is 1.68. The van der Waals surface area contributed by atoms with Gasteiger partial charge in [-0.1, -0.05) is 5.57 Å². The van der Waals surface area contributed by atoms with Gasteiger partial charge in [-0.25, -0.2) is 4.79 Å². The molecule has 16 heavy (non-hydrogen) atoms. The molecular formula is C12H20O4. The Balaban J connectivity index is 3.80. The number of carbonyl (C=O) groups excluding carboxylic acids is 2. The van der Waals surface area contributed by atoms with Gasteiger partial charge >= 0.3 is 6.16 Å². The van der Waals surface area contributed by atoms with Gasteiger partial charge in [-0.05, 0) is 40.2 Å². The van der Waals surface area contributed by atoms with E-state index in [-0.39, 0.29) is 6.61 Å². The van der Waals surface area contributed by atoms with E-state index < -0.39 is 11.8 Å². The van der Waals surface area contributed by atoms with Gasteiger partial charge in [0.2, 0.25) is 0 Å². The summed E-state index contributed by atoms with van der Waals surface area (Å²) in [4.78, 5) is 21.2.